The third kappa shape index (κ3) is 10.2. The number of carboxylic acid groups (broad SMARTS) is 1. The molecule has 0 radical (unpaired) electrons. The highest BCUT2D eigenvalue weighted by Gasteiger charge is 2.38. The Labute approximate surface area is 154 Å². The number of carbonyl (C=O) groups is 2. The summed E-state index contributed by atoms with van der Waals surface area (Å²) >= 11 is 0. The van der Waals surface area contributed by atoms with Crippen LogP contribution in [0.3, 0.4) is 0 Å². The standard InChI is InChI=1S/C12H24O2.C6H8O6/c1-2-3-4-5-6-7-8-9-10-11-12(13)14;7-1-2(8)5-3(9)4(10)6(11)12-5/h2-11H2,1H3,(H,13,14);2,5,7-10H,1H2/t;2-,5+/m.0/s1. The van der Waals surface area contributed by atoms with E-state index in [2.05, 4.69) is 11.7 Å². The first kappa shape index (κ1) is 24.2. The first-order valence-corrected chi connectivity index (χ1v) is 9.18. The van der Waals surface area contributed by atoms with Crippen molar-refractivity contribution in [3.8, 4) is 0 Å². The van der Waals surface area contributed by atoms with Crippen molar-refractivity contribution in [2.45, 2.75) is 83.3 Å². The van der Waals surface area contributed by atoms with E-state index >= 15 is 0 Å². The first-order valence-electron chi connectivity index (χ1n) is 9.18. The summed E-state index contributed by atoms with van der Waals surface area (Å²) in [7, 11) is 0. The normalized spacial score (nSPS) is 17.5. The van der Waals surface area contributed by atoms with Crippen LogP contribution in [0.5, 0.6) is 0 Å². The summed E-state index contributed by atoms with van der Waals surface area (Å²) in [6.45, 7) is 1.56. The zero-order chi connectivity index (χ0) is 19.9. The second kappa shape index (κ2) is 14.4. The lowest BCUT2D eigenvalue weighted by Gasteiger charge is -2.13. The van der Waals surface area contributed by atoms with Crippen LogP contribution in [0.25, 0.3) is 0 Å². The van der Waals surface area contributed by atoms with Gasteiger partial charge in [0.25, 0.3) is 0 Å². The zero-order valence-corrected chi connectivity index (χ0v) is 15.4. The van der Waals surface area contributed by atoms with Gasteiger partial charge in [-0.3, -0.25) is 4.79 Å². The molecule has 8 nitrogen and oxygen atoms in total. The second-order valence-electron chi connectivity index (χ2n) is 6.28. The van der Waals surface area contributed by atoms with Crippen LogP contribution in [0, 0.1) is 0 Å². The Bertz CT molecular complexity index is 446. The van der Waals surface area contributed by atoms with Crippen LogP contribution in [0.2, 0.25) is 0 Å². The van der Waals surface area contributed by atoms with Crippen LogP contribution >= 0.6 is 0 Å². The third-order valence-electron chi connectivity index (χ3n) is 3.97. The smallest absolute Gasteiger partial charge is 0.377 e. The van der Waals surface area contributed by atoms with Gasteiger partial charge in [0.1, 0.15) is 6.10 Å². The molecule has 26 heavy (non-hydrogen) atoms. The van der Waals surface area contributed by atoms with E-state index in [9.17, 15) is 9.59 Å². The number of rotatable bonds is 12. The minimum atomic E-state index is -1.42. The zero-order valence-electron chi connectivity index (χ0n) is 15.4. The number of cyclic esters (lactones) is 1. The molecule has 8 heteroatoms. The fourth-order valence-electron chi connectivity index (χ4n) is 2.41. The lowest BCUT2D eigenvalue weighted by atomic mass is 10.1. The van der Waals surface area contributed by atoms with E-state index in [-0.39, 0.29) is 0 Å². The van der Waals surface area contributed by atoms with E-state index in [1.54, 1.807) is 0 Å². The van der Waals surface area contributed by atoms with Gasteiger partial charge in [0, 0.05) is 6.42 Å². The monoisotopic (exact) mass is 376 g/mol. The van der Waals surface area contributed by atoms with Crippen LogP contribution in [0.15, 0.2) is 11.5 Å². The van der Waals surface area contributed by atoms with Gasteiger partial charge in [-0.15, -0.1) is 0 Å². The van der Waals surface area contributed by atoms with E-state index < -0.39 is 42.3 Å². The van der Waals surface area contributed by atoms with Crippen LogP contribution in [0.1, 0.15) is 71.1 Å². The van der Waals surface area contributed by atoms with Gasteiger partial charge in [0.15, 0.2) is 11.9 Å². The van der Waals surface area contributed by atoms with Gasteiger partial charge in [0.2, 0.25) is 5.76 Å². The number of unbranched alkanes of at least 4 members (excludes halogenated alkanes) is 8. The van der Waals surface area contributed by atoms with Crippen LogP contribution < -0.4 is 0 Å². The molecule has 2 atom stereocenters. The molecule has 5 N–H and O–H groups in total. The van der Waals surface area contributed by atoms with Crippen LogP contribution in [-0.4, -0.2) is 56.3 Å². The molecule has 0 fully saturated rings. The Morgan fingerprint density at radius 2 is 1.54 bits per heavy atom. The van der Waals surface area contributed by atoms with Crippen LogP contribution in [0.4, 0.5) is 0 Å². The molecule has 1 aliphatic rings. The lowest BCUT2D eigenvalue weighted by Crippen LogP contribution is -2.31. The summed E-state index contributed by atoms with van der Waals surface area (Å²) in [6, 6.07) is 0. The summed E-state index contributed by atoms with van der Waals surface area (Å²) in [5.41, 5.74) is 0. The molecule has 0 unspecified atom stereocenters. The molecule has 1 rings (SSSR count). The molecule has 0 aromatic rings. The number of hydrogen-bond acceptors (Lipinski definition) is 7. The lowest BCUT2D eigenvalue weighted by molar-refractivity contribution is -0.147. The quantitative estimate of drug-likeness (QED) is 0.258. The van der Waals surface area contributed by atoms with Crippen molar-refractivity contribution in [2.24, 2.45) is 0 Å². The summed E-state index contributed by atoms with van der Waals surface area (Å²) in [6.07, 6.45) is 8.70. The van der Waals surface area contributed by atoms with Gasteiger partial charge in [-0.2, -0.15) is 0 Å². The number of esters is 1. The minimum Gasteiger partial charge on any atom is -0.505 e. The van der Waals surface area contributed by atoms with E-state index in [0.29, 0.717) is 6.42 Å². The van der Waals surface area contributed by atoms with Gasteiger partial charge in [0.05, 0.1) is 6.61 Å². The summed E-state index contributed by atoms with van der Waals surface area (Å²) in [5.74, 6) is -3.44. The van der Waals surface area contributed by atoms with Crippen molar-refractivity contribution in [2.75, 3.05) is 6.61 Å². The number of hydrogen-bond donors (Lipinski definition) is 5. The maximum atomic E-state index is 10.5. The predicted octanol–water partition coefficient (Wildman–Crippen LogP) is 2.58. The average Bonchev–Trinajstić information content (AvgIpc) is 2.87. The van der Waals surface area contributed by atoms with Gasteiger partial charge in [-0.05, 0) is 6.42 Å². The molecule has 1 aliphatic heterocycles. The highest BCUT2D eigenvalue weighted by Crippen LogP contribution is 2.20. The number of carbonyl (C=O) groups excluding carboxylic acids is 1. The highest BCUT2D eigenvalue weighted by molar-refractivity contribution is 5.89. The molecular weight excluding hydrogens is 344 g/mol. The van der Waals surface area contributed by atoms with Crippen molar-refractivity contribution in [3.63, 3.8) is 0 Å². The highest BCUT2D eigenvalue weighted by atomic mass is 16.6. The Morgan fingerprint density at radius 3 is 1.92 bits per heavy atom. The molecule has 0 aromatic carbocycles. The minimum absolute atomic E-state index is 0.343. The number of aliphatic hydroxyl groups excluding tert-OH is 4. The summed E-state index contributed by atoms with van der Waals surface area (Å²) in [5, 5.41) is 43.5. The third-order valence-corrected chi connectivity index (χ3v) is 3.97. The fourth-order valence-corrected chi connectivity index (χ4v) is 2.41. The van der Waals surface area contributed by atoms with E-state index in [1.807, 2.05) is 0 Å². The fraction of sp³-hybridized carbons (Fsp3) is 0.778. The number of ether oxygens (including phenoxy) is 1. The van der Waals surface area contributed by atoms with E-state index in [1.165, 1.54) is 44.9 Å². The van der Waals surface area contributed by atoms with E-state index in [0.717, 1.165) is 12.8 Å². The number of carboxylic acids is 1. The van der Waals surface area contributed by atoms with Gasteiger partial charge >= 0.3 is 11.9 Å². The largest absolute Gasteiger partial charge is 0.505 e. The van der Waals surface area contributed by atoms with Crippen molar-refractivity contribution in [1.29, 1.82) is 0 Å². The molecular formula is C18H32O8. The average molecular weight is 376 g/mol. The Morgan fingerprint density at radius 1 is 1.04 bits per heavy atom. The molecule has 0 bridgehead atoms. The maximum absolute atomic E-state index is 10.5. The Hall–Kier alpha value is -1.80. The number of aliphatic carboxylic acids is 1. The topological polar surface area (TPSA) is 145 Å². The molecule has 0 saturated carbocycles. The second-order valence-corrected chi connectivity index (χ2v) is 6.28. The Kier molecular flexibility index (Phi) is 13.4. The molecule has 0 aliphatic carbocycles. The Balaban J connectivity index is 0.000000485. The summed E-state index contributed by atoms with van der Waals surface area (Å²) < 4.78 is 4.32. The predicted molar refractivity (Wildman–Crippen MR) is 94.7 cm³/mol. The molecule has 1 heterocycles. The SMILES string of the molecule is CCCCCCCCCCCC(=O)O.O=C1O[C@H]([C@@H](O)CO)C(O)=C1O. The van der Waals surface area contributed by atoms with Crippen molar-refractivity contribution in [3.05, 3.63) is 11.5 Å². The first-order chi connectivity index (χ1) is 12.3. The van der Waals surface area contributed by atoms with E-state index in [4.69, 9.17) is 25.5 Å². The van der Waals surface area contributed by atoms with Gasteiger partial charge < -0.3 is 30.3 Å². The van der Waals surface area contributed by atoms with Gasteiger partial charge in [-0.1, -0.05) is 58.3 Å². The van der Waals surface area contributed by atoms with Crippen molar-refractivity contribution < 1.29 is 39.9 Å². The maximum Gasteiger partial charge on any atom is 0.377 e. The molecule has 0 spiro atoms. The molecule has 0 amide bonds. The molecule has 152 valence electrons. The van der Waals surface area contributed by atoms with Gasteiger partial charge in [-0.25, -0.2) is 4.79 Å². The molecule has 0 saturated heterocycles. The van der Waals surface area contributed by atoms with Crippen molar-refractivity contribution >= 4 is 11.9 Å². The molecule has 0 aromatic heterocycles. The van der Waals surface area contributed by atoms with Crippen LogP contribution in [-0.2, 0) is 14.3 Å². The van der Waals surface area contributed by atoms with Crippen molar-refractivity contribution in [1.82, 2.24) is 0 Å². The summed E-state index contributed by atoms with van der Waals surface area (Å²) in [4.78, 5) is 20.7. The number of aliphatic hydroxyl groups is 4.